The molecule has 2 heterocycles. The van der Waals surface area contributed by atoms with Crippen LogP contribution in [0.3, 0.4) is 0 Å². The van der Waals surface area contributed by atoms with E-state index >= 15 is 0 Å². The Kier molecular flexibility index (Phi) is 3.01. The van der Waals surface area contributed by atoms with Crippen LogP contribution in [0.4, 0.5) is 0 Å². The average molecular weight is 168 g/mol. The van der Waals surface area contributed by atoms with Gasteiger partial charge in [0.1, 0.15) is 0 Å². The minimum Gasteiger partial charge on any atom is -0.316 e. The van der Waals surface area contributed by atoms with Crippen LogP contribution in [-0.4, -0.2) is 26.2 Å². The van der Waals surface area contributed by atoms with Crippen molar-refractivity contribution in [3.63, 3.8) is 0 Å². The number of hydrogen-bond donors (Lipinski definition) is 2. The Hall–Kier alpha value is -0.0800. The van der Waals surface area contributed by atoms with Crippen LogP contribution in [0.25, 0.3) is 0 Å². The van der Waals surface area contributed by atoms with Gasteiger partial charge in [-0.25, -0.2) is 0 Å². The largest absolute Gasteiger partial charge is 0.316 e. The van der Waals surface area contributed by atoms with E-state index in [1.54, 1.807) is 0 Å². The van der Waals surface area contributed by atoms with Gasteiger partial charge in [-0.3, -0.25) is 0 Å². The number of hydrogen-bond acceptors (Lipinski definition) is 2. The maximum Gasteiger partial charge on any atom is -0.00200 e. The Morgan fingerprint density at radius 3 is 1.67 bits per heavy atom. The quantitative estimate of drug-likeness (QED) is 0.656. The normalized spacial score (nSPS) is 36.0. The highest BCUT2D eigenvalue weighted by Crippen LogP contribution is 2.21. The fourth-order valence-electron chi connectivity index (χ4n) is 2.39. The maximum atomic E-state index is 3.43. The van der Waals surface area contributed by atoms with Gasteiger partial charge in [0.15, 0.2) is 0 Å². The summed E-state index contributed by atoms with van der Waals surface area (Å²) in [4.78, 5) is 0. The highest BCUT2D eigenvalue weighted by atomic mass is 14.9. The van der Waals surface area contributed by atoms with Gasteiger partial charge in [-0.05, 0) is 63.7 Å². The van der Waals surface area contributed by atoms with Crippen molar-refractivity contribution >= 4 is 0 Å². The molecule has 0 aromatic heterocycles. The molecule has 2 fully saturated rings. The third-order valence-corrected chi connectivity index (χ3v) is 3.31. The van der Waals surface area contributed by atoms with Gasteiger partial charge in [-0.2, -0.15) is 0 Å². The van der Waals surface area contributed by atoms with Gasteiger partial charge in [0.05, 0.1) is 0 Å². The molecule has 0 aromatic rings. The van der Waals surface area contributed by atoms with E-state index < -0.39 is 0 Å². The Morgan fingerprint density at radius 1 is 0.833 bits per heavy atom. The fraction of sp³-hybridized carbons (Fsp3) is 1.00. The van der Waals surface area contributed by atoms with E-state index in [2.05, 4.69) is 10.6 Å². The molecule has 0 radical (unpaired) electrons. The van der Waals surface area contributed by atoms with Gasteiger partial charge < -0.3 is 10.6 Å². The van der Waals surface area contributed by atoms with Crippen molar-refractivity contribution in [3.8, 4) is 0 Å². The van der Waals surface area contributed by atoms with Gasteiger partial charge in [0.25, 0.3) is 0 Å². The first kappa shape index (κ1) is 8.52. The third-order valence-electron chi connectivity index (χ3n) is 3.31. The molecule has 2 saturated heterocycles. The first-order valence-corrected chi connectivity index (χ1v) is 5.36. The van der Waals surface area contributed by atoms with Crippen molar-refractivity contribution in [1.29, 1.82) is 0 Å². The third kappa shape index (κ3) is 2.20. The van der Waals surface area contributed by atoms with Crippen LogP contribution in [0.5, 0.6) is 0 Å². The van der Waals surface area contributed by atoms with Crippen molar-refractivity contribution < 1.29 is 0 Å². The van der Waals surface area contributed by atoms with E-state index in [9.17, 15) is 0 Å². The molecule has 2 atom stereocenters. The lowest BCUT2D eigenvalue weighted by Gasteiger charge is -2.11. The predicted octanol–water partition coefficient (Wildman–Crippen LogP) is 0.986. The number of rotatable bonds is 3. The standard InChI is InChI=1S/C10H20N2/c1(9-3-5-11-7-9)2-10-4-6-12-8-10/h9-12H,1-8H2. The molecule has 2 rings (SSSR count). The molecule has 0 amide bonds. The van der Waals surface area contributed by atoms with Gasteiger partial charge in [-0.15, -0.1) is 0 Å². The monoisotopic (exact) mass is 168 g/mol. The molecule has 0 spiro atoms. The Bertz CT molecular complexity index is 108. The van der Waals surface area contributed by atoms with Crippen LogP contribution < -0.4 is 10.6 Å². The molecule has 2 aliphatic rings. The lowest BCUT2D eigenvalue weighted by molar-refractivity contribution is 0.429. The molecule has 0 aliphatic carbocycles. The molecule has 0 saturated carbocycles. The van der Waals surface area contributed by atoms with Gasteiger partial charge >= 0.3 is 0 Å². The Labute approximate surface area is 75.1 Å². The van der Waals surface area contributed by atoms with E-state index in [1.165, 1.54) is 51.9 Å². The Balaban J connectivity index is 1.60. The summed E-state index contributed by atoms with van der Waals surface area (Å²) in [5.41, 5.74) is 0. The molecular weight excluding hydrogens is 148 g/mol. The summed E-state index contributed by atoms with van der Waals surface area (Å²) in [7, 11) is 0. The van der Waals surface area contributed by atoms with Crippen LogP contribution in [0, 0.1) is 11.8 Å². The maximum absolute atomic E-state index is 3.43. The van der Waals surface area contributed by atoms with Crippen molar-refractivity contribution in [2.45, 2.75) is 25.7 Å². The second kappa shape index (κ2) is 4.24. The topological polar surface area (TPSA) is 24.1 Å². The molecule has 70 valence electrons. The van der Waals surface area contributed by atoms with E-state index in [4.69, 9.17) is 0 Å². The van der Waals surface area contributed by atoms with E-state index in [0.717, 1.165) is 11.8 Å². The molecule has 2 nitrogen and oxygen atoms in total. The summed E-state index contributed by atoms with van der Waals surface area (Å²) in [6.45, 7) is 5.07. The van der Waals surface area contributed by atoms with Crippen molar-refractivity contribution in [2.75, 3.05) is 26.2 Å². The summed E-state index contributed by atoms with van der Waals surface area (Å²) in [5, 5.41) is 6.86. The number of nitrogens with one attached hydrogen (secondary N) is 2. The van der Waals surface area contributed by atoms with Crippen LogP contribution in [0.15, 0.2) is 0 Å². The second-order valence-electron chi connectivity index (χ2n) is 4.29. The highest BCUT2D eigenvalue weighted by molar-refractivity contribution is 4.76. The zero-order valence-corrected chi connectivity index (χ0v) is 7.81. The van der Waals surface area contributed by atoms with E-state index in [-0.39, 0.29) is 0 Å². The molecule has 0 bridgehead atoms. The smallest absolute Gasteiger partial charge is 0.00200 e. The minimum absolute atomic E-state index is 0.991. The summed E-state index contributed by atoms with van der Waals surface area (Å²) < 4.78 is 0. The molecule has 2 heteroatoms. The summed E-state index contributed by atoms with van der Waals surface area (Å²) in [5.74, 6) is 1.98. The predicted molar refractivity (Wildman–Crippen MR) is 51.2 cm³/mol. The Morgan fingerprint density at radius 2 is 1.33 bits per heavy atom. The van der Waals surface area contributed by atoms with Gasteiger partial charge in [0, 0.05) is 0 Å². The second-order valence-corrected chi connectivity index (χ2v) is 4.29. The average Bonchev–Trinajstić information content (AvgIpc) is 2.74. The lowest BCUT2D eigenvalue weighted by Crippen LogP contribution is -2.12. The van der Waals surface area contributed by atoms with Crippen molar-refractivity contribution in [1.82, 2.24) is 10.6 Å². The van der Waals surface area contributed by atoms with Crippen LogP contribution in [0.2, 0.25) is 0 Å². The fourth-order valence-corrected chi connectivity index (χ4v) is 2.39. The van der Waals surface area contributed by atoms with Gasteiger partial charge in [-0.1, -0.05) is 0 Å². The molecule has 0 aromatic carbocycles. The molecule has 2 unspecified atom stereocenters. The zero-order chi connectivity index (χ0) is 8.23. The van der Waals surface area contributed by atoms with E-state index in [1.807, 2.05) is 0 Å². The SMILES string of the molecule is C1CC(CCC2CCNC2)CN1. The van der Waals surface area contributed by atoms with Crippen LogP contribution in [0.1, 0.15) is 25.7 Å². The van der Waals surface area contributed by atoms with Crippen molar-refractivity contribution in [2.24, 2.45) is 11.8 Å². The van der Waals surface area contributed by atoms with Crippen LogP contribution >= 0.6 is 0 Å². The highest BCUT2D eigenvalue weighted by Gasteiger charge is 2.18. The molecule has 2 aliphatic heterocycles. The molecular formula is C10H20N2. The molecule has 12 heavy (non-hydrogen) atoms. The summed E-state index contributed by atoms with van der Waals surface area (Å²) >= 11 is 0. The van der Waals surface area contributed by atoms with Crippen molar-refractivity contribution in [3.05, 3.63) is 0 Å². The summed E-state index contributed by atoms with van der Waals surface area (Å²) in [6, 6.07) is 0. The van der Waals surface area contributed by atoms with Gasteiger partial charge in [0.2, 0.25) is 0 Å². The summed E-state index contributed by atoms with van der Waals surface area (Å²) in [6.07, 6.45) is 5.75. The minimum atomic E-state index is 0.991. The first-order chi connectivity index (χ1) is 5.95. The van der Waals surface area contributed by atoms with Crippen LogP contribution in [-0.2, 0) is 0 Å². The zero-order valence-electron chi connectivity index (χ0n) is 7.81. The lowest BCUT2D eigenvalue weighted by atomic mass is 9.95. The molecule has 2 N–H and O–H groups in total. The first-order valence-electron chi connectivity index (χ1n) is 5.36. The van der Waals surface area contributed by atoms with E-state index in [0.29, 0.717) is 0 Å².